The molecule has 0 amide bonds. The summed E-state index contributed by atoms with van der Waals surface area (Å²) in [4.78, 5) is 10.8. The van der Waals surface area contributed by atoms with Crippen LogP contribution in [0.25, 0.3) is 0 Å². The van der Waals surface area contributed by atoms with Gasteiger partial charge in [-0.2, -0.15) is 0 Å². The first-order chi connectivity index (χ1) is 7.84. The molecule has 0 radical (unpaired) electrons. The summed E-state index contributed by atoms with van der Waals surface area (Å²) >= 11 is 0. The van der Waals surface area contributed by atoms with Crippen molar-refractivity contribution in [3.05, 3.63) is 29.1 Å². The van der Waals surface area contributed by atoms with E-state index in [1.807, 2.05) is 13.8 Å². The highest BCUT2D eigenvalue weighted by Gasteiger charge is 2.22. The molecule has 0 fully saturated rings. The van der Waals surface area contributed by atoms with Crippen LogP contribution in [0.2, 0.25) is 0 Å². The highest BCUT2D eigenvalue weighted by molar-refractivity contribution is 5.91. The molecule has 5 heteroatoms. The Morgan fingerprint density at radius 2 is 2.06 bits per heavy atom. The predicted molar refractivity (Wildman–Crippen MR) is 61.4 cm³/mol. The number of halogens is 1. The molecule has 0 aromatic heterocycles. The molecule has 0 heterocycles. The van der Waals surface area contributed by atoms with E-state index in [1.165, 1.54) is 0 Å². The van der Waals surface area contributed by atoms with Gasteiger partial charge in [0.25, 0.3) is 0 Å². The predicted octanol–water partition coefficient (Wildman–Crippen LogP) is 2.28. The Morgan fingerprint density at radius 1 is 1.47 bits per heavy atom. The number of nitrogens with two attached hydrogens (primary N) is 1. The van der Waals surface area contributed by atoms with Gasteiger partial charge in [0.1, 0.15) is 17.1 Å². The fraction of sp³-hybridized carbons (Fsp3) is 0.417. The molecule has 0 spiro atoms. The van der Waals surface area contributed by atoms with E-state index in [-0.39, 0.29) is 17.0 Å². The molecule has 1 atom stereocenters. The number of benzene rings is 1. The number of hydrogen-bond acceptors (Lipinski definition) is 3. The molecule has 4 N–H and O–H groups in total. The maximum absolute atomic E-state index is 13.6. The third-order valence-electron chi connectivity index (χ3n) is 2.49. The summed E-state index contributed by atoms with van der Waals surface area (Å²) < 4.78 is 13.6. The van der Waals surface area contributed by atoms with Crippen LogP contribution in [-0.4, -0.2) is 16.2 Å². The van der Waals surface area contributed by atoms with Crippen molar-refractivity contribution in [2.45, 2.75) is 26.3 Å². The van der Waals surface area contributed by atoms with Crippen molar-refractivity contribution in [1.82, 2.24) is 0 Å². The maximum Gasteiger partial charge on any atom is 0.339 e. The van der Waals surface area contributed by atoms with Crippen LogP contribution in [0, 0.1) is 11.7 Å². The Bertz CT molecular complexity index is 432. The molecule has 1 rings (SSSR count). The average molecular weight is 241 g/mol. The lowest BCUT2D eigenvalue weighted by molar-refractivity contribution is 0.0693. The van der Waals surface area contributed by atoms with Gasteiger partial charge in [0.2, 0.25) is 0 Å². The topological polar surface area (TPSA) is 83.6 Å². The molecule has 1 aromatic rings. The third kappa shape index (κ3) is 2.94. The van der Waals surface area contributed by atoms with Crippen molar-refractivity contribution in [1.29, 1.82) is 0 Å². The number of phenols is 1. The van der Waals surface area contributed by atoms with Crippen molar-refractivity contribution in [2.75, 3.05) is 0 Å². The van der Waals surface area contributed by atoms with E-state index < -0.39 is 23.6 Å². The molecule has 0 saturated carbocycles. The quantitative estimate of drug-likeness (QED) is 0.755. The van der Waals surface area contributed by atoms with Crippen LogP contribution in [0.4, 0.5) is 4.39 Å². The van der Waals surface area contributed by atoms with E-state index in [2.05, 4.69) is 0 Å². The summed E-state index contributed by atoms with van der Waals surface area (Å²) in [6.45, 7) is 3.83. The molecular weight excluding hydrogens is 225 g/mol. The molecule has 94 valence electrons. The number of aromatic carboxylic acids is 1. The number of hydrogen-bond donors (Lipinski definition) is 3. The zero-order valence-electron chi connectivity index (χ0n) is 9.77. The Kier molecular flexibility index (Phi) is 4.07. The number of carboxylic acids is 1. The zero-order valence-corrected chi connectivity index (χ0v) is 9.77. The van der Waals surface area contributed by atoms with Crippen LogP contribution in [0.3, 0.4) is 0 Å². The minimum atomic E-state index is -1.31. The second-order valence-corrected chi connectivity index (χ2v) is 4.40. The van der Waals surface area contributed by atoms with Crippen LogP contribution in [0.15, 0.2) is 12.1 Å². The van der Waals surface area contributed by atoms with Gasteiger partial charge in [0, 0.05) is 11.6 Å². The Hall–Kier alpha value is -1.62. The number of carbonyl (C=O) groups is 1. The van der Waals surface area contributed by atoms with Crippen molar-refractivity contribution >= 4 is 5.97 Å². The van der Waals surface area contributed by atoms with Crippen LogP contribution in [0.1, 0.15) is 42.2 Å². The van der Waals surface area contributed by atoms with Gasteiger partial charge in [-0.3, -0.25) is 0 Å². The summed E-state index contributed by atoms with van der Waals surface area (Å²) in [7, 11) is 0. The molecule has 0 aliphatic carbocycles. The number of carboxylic acid groups (broad SMARTS) is 1. The average Bonchev–Trinajstić information content (AvgIpc) is 2.15. The van der Waals surface area contributed by atoms with Crippen molar-refractivity contribution in [2.24, 2.45) is 11.7 Å². The SMILES string of the molecule is CC(C)C[C@H](N)c1c(F)ccc(C(=O)O)c1O. The first kappa shape index (κ1) is 13.4. The molecule has 17 heavy (non-hydrogen) atoms. The third-order valence-corrected chi connectivity index (χ3v) is 2.49. The lowest BCUT2D eigenvalue weighted by Gasteiger charge is -2.17. The second-order valence-electron chi connectivity index (χ2n) is 4.40. The minimum Gasteiger partial charge on any atom is -0.507 e. The van der Waals surface area contributed by atoms with Gasteiger partial charge in [-0.25, -0.2) is 9.18 Å². The number of aromatic hydroxyl groups is 1. The van der Waals surface area contributed by atoms with E-state index in [4.69, 9.17) is 10.8 Å². The lowest BCUT2D eigenvalue weighted by atomic mass is 9.95. The molecule has 0 aliphatic rings. The lowest BCUT2D eigenvalue weighted by Crippen LogP contribution is -2.16. The first-order valence-corrected chi connectivity index (χ1v) is 5.34. The Morgan fingerprint density at radius 3 is 2.53 bits per heavy atom. The maximum atomic E-state index is 13.6. The summed E-state index contributed by atoms with van der Waals surface area (Å²) in [5.74, 6) is -2.34. The summed E-state index contributed by atoms with van der Waals surface area (Å²) in [6.07, 6.45) is 0.466. The minimum absolute atomic E-state index is 0.126. The van der Waals surface area contributed by atoms with E-state index >= 15 is 0 Å². The second kappa shape index (κ2) is 5.14. The van der Waals surface area contributed by atoms with Gasteiger partial charge >= 0.3 is 5.97 Å². The first-order valence-electron chi connectivity index (χ1n) is 5.34. The van der Waals surface area contributed by atoms with E-state index in [0.29, 0.717) is 6.42 Å². The van der Waals surface area contributed by atoms with Gasteiger partial charge in [-0.05, 0) is 24.5 Å². The van der Waals surface area contributed by atoms with Crippen molar-refractivity contribution in [3.8, 4) is 5.75 Å². The fourth-order valence-electron chi connectivity index (χ4n) is 1.73. The van der Waals surface area contributed by atoms with Crippen LogP contribution in [0.5, 0.6) is 5.75 Å². The molecular formula is C12H16FNO3. The molecule has 0 saturated heterocycles. The van der Waals surface area contributed by atoms with E-state index in [9.17, 15) is 14.3 Å². The van der Waals surface area contributed by atoms with Crippen LogP contribution < -0.4 is 5.73 Å². The normalized spacial score (nSPS) is 12.8. The van der Waals surface area contributed by atoms with Gasteiger partial charge in [-0.15, -0.1) is 0 Å². The zero-order chi connectivity index (χ0) is 13.2. The molecule has 0 bridgehead atoms. The Labute approximate surface area is 98.9 Å². The summed E-state index contributed by atoms with van der Waals surface area (Å²) in [5.41, 5.74) is 5.31. The van der Waals surface area contributed by atoms with Gasteiger partial charge < -0.3 is 15.9 Å². The smallest absolute Gasteiger partial charge is 0.339 e. The van der Waals surface area contributed by atoms with Gasteiger partial charge in [0.05, 0.1) is 0 Å². The van der Waals surface area contributed by atoms with Gasteiger partial charge in [-0.1, -0.05) is 13.8 Å². The fourth-order valence-corrected chi connectivity index (χ4v) is 1.73. The van der Waals surface area contributed by atoms with Crippen LogP contribution >= 0.6 is 0 Å². The Balaban J connectivity index is 3.22. The molecule has 1 aromatic carbocycles. The molecule has 0 aliphatic heterocycles. The molecule has 0 unspecified atom stereocenters. The highest BCUT2D eigenvalue weighted by Crippen LogP contribution is 2.32. The summed E-state index contributed by atoms with van der Waals surface area (Å²) in [5, 5.41) is 18.5. The highest BCUT2D eigenvalue weighted by atomic mass is 19.1. The standard InChI is InChI=1S/C12H16FNO3/c1-6(2)5-9(14)10-8(13)4-3-7(11(10)15)12(16)17/h3-4,6,9,15H,5,14H2,1-2H3,(H,16,17)/t9-/m0/s1. The van der Waals surface area contributed by atoms with Gasteiger partial charge in [0.15, 0.2) is 0 Å². The largest absolute Gasteiger partial charge is 0.507 e. The number of rotatable bonds is 4. The summed E-state index contributed by atoms with van der Waals surface area (Å²) in [6, 6.07) is 1.33. The van der Waals surface area contributed by atoms with Crippen molar-refractivity contribution < 1.29 is 19.4 Å². The van der Waals surface area contributed by atoms with Crippen LogP contribution in [-0.2, 0) is 0 Å². The van der Waals surface area contributed by atoms with E-state index in [1.54, 1.807) is 0 Å². The van der Waals surface area contributed by atoms with E-state index in [0.717, 1.165) is 12.1 Å². The molecule has 4 nitrogen and oxygen atoms in total. The van der Waals surface area contributed by atoms with Crippen molar-refractivity contribution in [3.63, 3.8) is 0 Å². The monoisotopic (exact) mass is 241 g/mol.